The smallest absolute Gasteiger partial charge is 0.326 e. The average Bonchev–Trinajstić information content (AvgIpc) is 2.44. The van der Waals surface area contributed by atoms with Crippen molar-refractivity contribution in [2.45, 2.75) is 18.9 Å². The number of nitrogens with zero attached hydrogens (tertiary/aromatic N) is 2. The Balaban J connectivity index is 2.49. The van der Waals surface area contributed by atoms with Gasteiger partial charge >= 0.3 is 12.0 Å². The van der Waals surface area contributed by atoms with E-state index in [1.54, 1.807) is 19.4 Å². The molecule has 0 radical (unpaired) electrons. The summed E-state index contributed by atoms with van der Waals surface area (Å²) in [7, 11) is 1.54. The standard InChI is InChI=1S/C13H18N4O4/c1-17(7-4-9-2-5-15-6-3-9)13(21)16-10(12(19)20)8-11(14)18/h2-3,5-6,10H,4,7-8H2,1H3,(H2,14,18)(H,16,21)(H,19,20)/t10-/m1/s1. The van der Waals surface area contributed by atoms with Crippen LogP contribution in [-0.2, 0) is 16.0 Å². The average molecular weight is 294 g/mol. The van der Waals surface area contributed by atoms with Crippen molar-refractivity contribution in [2.24, 2.45) is 5.73 Å². The Kier molecular flexibility index (Phi) is 6.12. The molecule has 1 aromatic rings. The van der Waals surface area contributed by atoms with Crippen molar-refractivity contribution in [3.63, 3.8) is 0 Å². The molecule has 0 aliphatic carbocycles. The third kappa shape index (κ3) is 5.89. The number of likely N-dealkylation sites (N-methyl/N-ethyl adjacent to an activating group) is 1. The fourth-order valence-electron chi connectivity index (χ4n) is 1.61. The number of carboxylic acids is 1. The van der Waals surface area contributed by atoms with Crippen molar-refractivity contribution in [1.82, 2.24) is 15.2 Å². The summed E-state index contributed by atoms with van der Waals surface area (Å²) in [4.78, 5) is 38.8. The number of hydrogen-bond donors (Lipinski definition) is 3. The number of carboxylic acid groups (broad SMARTS) is 1. The molecule has 21 heavy (non-hydrogen) atoms. The minimum absolute atomic E-state index is 0.402. The van der Waals surface area contributed by atoms with Crippen LogP contribution in [0, 0.1) is 0 Å². The summed E-state index contributed by atoms with van der Waals surface area (Å²) in [6.07, 6.45) is 3.48. The van der Waals surface area contributed by atoms with Crippen LogP contribution in [0.15, 0.2) is 24.5 Å². The van der Waals surface area contributed by atoms with E-state index >= 15 is 0 Å². The SMILES string of the molecule is CN(CCc1ccncc1)C(=O)N[C@H](CC(N)=O)C(=O)O. The van der Waals surface area contributed by atoms with Gasteiger partial charge in [-0.3, -0.25) is 9.78 Å². The minimum atomic E-state index is -1.32. The summed E-state index contributed by atoms with van der Waals surface area (Å²) >= 11 is 0. The minimum Gasteiger partial charge on any atom is -0.480 e. The van der Waals surface area contributed by atoms with Crippen LogP contribution in [0.25, 0.3) is 0 Å². The van der Waals surface area contributed by atoms with E-state index in [2.05, 4.69) is 10.3 Å². The molecule has 1 heterocycles. The molecule has 0 bridgehead atoms. The van der Waals surface area contributed by atoms with Crippen LogP contribution in [0.5, 0.6) is 0 Å². The molecule has 0 fully saturated rings. The third-order valence-electron chi connectivity index (χ3n) is 2.83. The van der Waals surface area contributed by atoms with Crippen LogP contribution in [0.1, 0.15) is 12.0 Å². The number of nitrogens with one attached hydrogen (secondary N) is 1. The lowest BCUT2D eigenvalue weighted by molar-refractivity contribution is -0.140. The molecule has 0 saturated heterocycles. The number of carbonyl (C=O) groups excluding carboxylic acids is 2. The van der Waals surface area contributed by atoms with E-state index in [0.29, 0.717) is 13.0 Å². The van der Waals surface area contributed by atoms with Crippen LogP contribution >= 0.6 is 0 Å². The van der Waals surface area contributed by atoms with Gasteiger partial charge in [-0.05, 0) is 24.1 Å². The topological polar surface area (TPSA) is 126 Å². The second kappa shape index (κ2) is 7.83. The van der Waals surface area contributed by atoms with Crippen LogP contribution < -0.4 is 11.1 Å². The number of primary amides is 1. The molecule has 4 N–H and O–H groups in total. The zero-order valence-corrected chi connectivity index (χ0v) is 11.7. The van der Waals surface area contributed by atoms with Crippen LogP contribution in [-0.4, -0.2) is 52.5 Å². The molecule has 0 spiro atoms. The number of carbonyl (C=O) groups is 3. The Morgan fingerprint density at radius 2 is 2.00 bits per heavy atom. The first-order chi connectivity index (χ1) is 9.90. The zero-order chi connectivity index (χ0) is 15.8. The lowest BCUT2D eigenvalue weighted by Crippen LogP contribution is -2.48. The van der Waals surface area contributed by atoms with Gasteiger partial charge in [0.2, 0.25) is 5.91 Å². The van der Waals surface area contributed by atoms with Crippen molar-refractivity contribution in [1.29, 1.82) is 0 Å². The Hall–Kier alpha value is -2.64. The highest BCUT2D eigenvalue weighted by Crippen LogP contribution is 2.00. The predicted molar refractivity (Wildman–Crippen MR) is 74.3 cm³/mol. The van der Waals surface area contributed by atoms with Crippen molar-refractivity contribution in [3.8, 4) is 0 Å². The quantitative estimate of drug-likeness (QED) is 0.630. The number of aliphatic carboxylic acids is 1. The van der Waals surface area contributed by atoms with Gasteiger partial charge in [0.15, 0.2) is 0 Å². The van der Waals surface area contributed by atoms with E-state index in [1.807, 2.05) is 12.1 Å². The fraction of sp³-hybridized carbons (Fsp3) is 0.385. The first kappa shape index (κ1) is 16.4. The zero-order valence-electron chi connectivity index (χ0n) is 11.7. The summed E-state index contributed by atoms with van der Waals surface area (Å²) in [5, 5.41) is 11.2. The van der Waals surface area contributed by atoms with Crippen molar-refractivity contribution < 1.29 is 19.5 Å². The van der Waals surface area contributed by atoms with Gasteiger partial charge in [-0.15, -0.1) is 0 Å². The maximum Gasteiger partial charge on any atom is 0.326 e. The lowest BCUT2D eigenvalue weighted by atomic mass is 10.2. The first-order valence-electron chi connectivity index (χ1n) is 6.31. The van der Waals surface area contributed by atoms with E-state index < -0.39 is 30.4 Å². The van der Waals surface area contributed by atoms with Gasteiger partial charge in [-0.2, -0.15) is 0 Å². The Morgan fingerprint density at radius 3 is 2.52 bits per heavy atom. The molecule has 1 atom stereocenters. The van der Waals surface area contributed by atoms with Gasteiger partial charge < -0.3 is 21.1 Å². The van der Waals surface area contributed by atoms with Gasteiger partial charge in [-0.25, -0.2) is 9.59 Å². The van der Waals surface area contributed by atoms with Gasteiger partial charge in [-0.1, -0.05) is 0 Å². The van der Waals surface area contributed by atoms with E-state index in [9.17, 15) is 14.4 Å². The summed E-state index contributed by atoms with van der Waals surface area (Å²) in [6, 6.07) is 1.77. The number of pyridine rings is 1. The monoisotopic (exact) mass is 294 g/mol. The van der Waals surface area contributed by atoms with E-state index in [4.69, 9.17) is 10.8 Å². The maximum atomic E-state index is 11.8. The molecule has 0 aliphatic rings. The summed E-state index contributed by atoms with van der Waals surface area (Å²) in [6.45, 7) is 0.402. The lowest BCUT2D eigenvalue weighted by Gasteiger charge is -2.20. The van der Waals surface area contributed by atoms with Crippen molar-refractivity contribution in [3.05, 3.63) is 30.1 Å². The van der Waals surface area contributed by atoms with Crippen molar-refractivity contribution in [2.75, 3.05) is 13.6 Å². The first-order valence-corrected chi connectivity index (χ1v) is 6.31. The number of hydrogen-bond acceptors (Lipinski definition) is 4. The largest absolute Gasteiger partial charge is 0.480 e. The summed E-state index contributed by atoms with van der Waals surface area (Å²) in [5.74, 6) is -2.09. The molecular weight excluding hydrogens is 276 g/mol. The van der Waals surface area contributed by atoms with Gasteiger partial charge in [0.25, 0.3) is 0 Å². The molecule has 0 aliphatic heterocycles. The molecule has 0 aromatic carbocycles. The van der Waals surface area contributed by atoms with Gasteiger partial charge in [0.1, 0.15) is 6.04 Å². The summed E-state index contributed by atoms with van der Waals surface area (Å²) in [5.41, 5.74) is 5.96. The third-order valence-corrected chi connectivity index (χ3v) is 2.83. The van der Waals surface area contributed by atoms with E-state index in [1.165, 1.54) is 4.90 Å². The molecule has 114 valence electrons. The Morgan fingerprint density at radius 1 is 1.38 bits per heavy atom. The molecule has 0 unspecified atom stereocenters. The second-order valence-corrected chi connectivity index (χ2v) is 4.54. The van der Waals surface area contributed by atoms with Crippen LogP contribution in [0.3, 0.4) is 0 Å². The summed E-state index contributed by atoms with van der Waals surface area (Å²) < 4.78 is 0. The van der Waals surface area contributed by atoms with Crippen LogP contribution in [0.4, 0.5) is 4.79 Å². The highest BCUT2D eigenvalue weighted by atomic mass is 16.4. The van der Waals surface area contributed by atoms with Gasteiger partial charge in [0.05, 0.1) is 6.42 Å². The highest BCUT2D eigenvalue weighted by molar-refractivity contribution is 5.87. The maximum absolute atomic E-state index is 11.8. The van der Waals surface area contributed by atoms with Gasteiger partial charge in [0, 0.05) is 26.0 Å². The fourth-order valence-corrected chi connectivity index (χ4v) is 1.61. The molecule has 8 nitrogen and oxygen atoms in total. The van der Waals surface area contributed by atoms with E-state index in [-0.39, 0.29) is 0 Å². The molecule has 1 aromatic heterocycles. The Bertz CT molecular complexity index is 506. The highest BCUT2D eigenvalue weighted by Gasteiger charge is 2.23. The number of amides is 3. The molecular formula is C13H18N4O4. The molecule has 0 saturated carbocycles. The molecule has 1 rings (SSSR count). The second-order valence-electron chi connectivity index (χ2n) is 4.54. The number of aromatic nitrogens is 1. The number of nitrogens with two attached hydrogens (primary N) is 1. The number of urea groups is 1. The van der Waals surface area contributed by atoms with Crippen LogP contribution in [0.2, 0.25) is 0 Å². The molecule has 3 amide bonds. The van der Waals surface area contributed by atoms with E-state index in [0.717, 1.165) is 5.56 Å². The predicted octanol–water partition coefficient (Wildman–Crippen LogP) is -0.406. The normalized spacial score (nSPS) is 11.5. The number of rotatable bonds is 7. The van der Waals surface area contributed by atoms with Crippen molar-refractivity contribution >= 4 is 17.9 Å². The molecule has 8 heteroatoms. The Labute approximate surface area is 121 Å².